The highest BCUT2D eigenvalue weighted by molar-refractivity contribution is 5.94. The second-order valence-electron chi connectivity index (χ2n) is 4.52. The summed E-state index contributed by atoms with van der Waals surface area (Å²) in [6, 6.07) is 12.7. The van der Waals surface area contributed by atoms with E-state index in [-0.39, 0.29) is 6.61 Å². The Hall–Kier alpha value is -2.33. The van der Waals surface area contributed by atoms with Gasteiger partial charge in [-0.1, -0.05) is 18.2 Å². The lowest BCUT2D eigenvalue weighted by atomic mass is 10.1. The van der Waals surface area contributed by atoms with Gasteiger partial charge < -0.3 is 15.6 Å². The molecule has 0 radical (unpaired) electrons. The Kier molecular flexibility index (Phi) is 4.38. The van der Waals surface area contributed by atoms with E-state index in [4.69, 9.17) is 15.6 Å². The molecule has 1 amide bonds. The van der Waals surface area contributed by atoms with E-state index < -0.39 is 5.91 Å². The fourth-order valence-corrected chi connectivity index (χ4v) is 2.03. The van der Waals surface area contributed by atoms with Crippen molar-refractivity contribution in [2.24, 2.45) is 5.73 Å². The lowest BCUT2D eigenvalue weighted by molar-refractivity contribution is 0.0999. The van der Waals surface area contributed by atoms with Crippen LogP contribution in [0.4, 0.5) is 0 Å². The molecule has 0 fully saturated rings. The molecule has 2 rings (SSSR count). The molecule has 104 valence electrons. The summed E-state index contributed by atoms with van der Waals surface area (Å²) in [6.45, 7) is 1.88. The van der Waals surface area contributed by atoms with Gasteiger partial charge >= 0.3 is 0 Å². The van der Waals surface area contributed by atoms with Gasteiger partial charge in [0.2, 0.25) is 5.91 Å². The molecule has 0 aliphatic rings. The molecule has 0 atom stereocenters. The van der Waals surface area contributed by atoms with Crippen molar-refractivity contribution in [2.75, 3.05) is 6.61 Å². The number of hydrogen-bond acceptors (Lipinski definition) is 3. The van der Waals surface area contributed by atoms with Gasteiger partial charge in [0.25, 0.3) is 0 Å². The molecule has 0 saturated heterocycles. The van der Waals surface area contributed by atoms with Crippen LogP contribution in [0.3, 0.4) is 0 Å². The smallest absolute Gasteiger partial charge is 0.248 e. The summed E-state index contributed by atoms with van der Waals surface area (Å²) in [7, 11) is 0. The molecular weight excluding hydrogens is 254 g/mol. The van der Waals surface area contributed by atoms with Gasteiger partial charge in [-0.3, -0.25) is 4.79 Å². The van der Waals surface area contributed by atoms with E-state index in [0.717, 1.165) is 11.1 Å². The first-order chi connectivity index (χ1) is 9.61. The summed E-state index contributed by atoms with van der Waals surface area (Å²) in [5.74, 6) is 0.889. The number of primary amides is 1. The number of aryl methyl sites for hydroxylation is 1. The number of nitrogens with two attached hydrogens (primary N) is 1. The van der Waals surface area contributed by atoms with Crippen LogP contribution in [0.15, 0.2) is 42.5 Å². The number of benzene rings is 2. The standard InChI is InChI=1S/C16H17NO3/c1-11-10-13(6-7-14(11)16(17)19)20-15-5-3-2-4-12(15)8-9-18/h2-7,10,18H,8-9H2,1H3,(H2,17,19). The number of hydrogen-bond donors (Lipinski definition) is 2. The fraction of sp³-hybridized carbons (Fsp3) is 0.188. The first-order valence-corrected chi connectivity index (χ1v) is 6.39. The van der Waals surface area contributed by atoms with Gasteiger partial charge in [0.15, 0.2) is 0 Å². The van der Waals surface area contributed by atoms with Crippen molar-refractivity contribution in [3.63, 3.8) is 0 Å². The third kappa shape index (κ3) is 3.16. The third-order valence-electron chi connectivity index (χ3n) is 3.04. The van der Waals surface area contributed by atoms with Gasteiger partial charge in [-0.05, 0) is 48.7 Å². The summed E-state index contributed by atoms with van der Waals surface area (Å²) < 4.78 is 5.81. The molecule has 0 bridgehead atoms. The minimum Gasteiger partial charge on any atom is -0.457 e. The summed E-state index contributed by atoms with van der Waals surface area (Å²) in [4.78, 5) is 11.2. The SMILES string of the molecule is Cc1cc(Oc2ccccc2CCO)ccc1C(N)=O. The molecule has 2 aromatic carbocycles. The van der Waals surface area contributed by atoms with Crippen molar-refractivity contribution in [3.05, 3.63) is 59.2 Å². The van der Waals surface area contributed by atoms with Crippen molar-refractivity contribution in [2.45, 2.75) is 13.3 Å². The molecular formula is C16H17NO3. The van der Waals surface area contributed by atoms with Gasteiger partial charge in [0.1, 0.15) is 11.5 Å². The van der Waals surface area contributed by atoms with Gasteiger partial charge in [0, 0.05) is 12.2 Å². The summed E-state index contributed by atoms with van der Waals surface area (Å²) in [5, 5.41) is 9.04. The monoisotopic (exact) mass is 271 g/mol. The molecule has 0 unspecified atom stereocenters. The number of amides is 1. The lowest BCUT2D eigenvalue weighted by Crippen LogP contribution is -2.12. The quantitative estimate of drug-likeness (QED) is 0.877. The summed E-state index contributed by atoms with van der Waals surface area (Å²) in [6.07, 6.45) is 0.536. The summed E-state index contributed by atoms with van der Waals surface area (Å²) >= 11 is 0. The Balaban J connectivity index is 2.26. The van der Waals surface area contributed by atoms with E-state index in [1.165, 1.54) is 0 Å². The van der Waals surface area contributed by atoms with Crippen LogP contribution in [0.5, 0.6) is 11.5 Å². The first kappa shape index (κ1) is 14.1. The Morgan fingerprint density at radius 3 is 2.65 bits per heavy atom. The molecule has 0 saturated carbocycles. The first-order valence-electron chi connectivity index (χ1n) is 6.39. The van der Waals surface area contributed by atoms with Crippen molar-refractivity contribution in [3.8, 4) is 11.5 Å². The second kappa shape index (κ2) is 6.21. The molecule has 0 aliphatic carbocycles. The average molecular weight is 271 g/mol. The highest BCUT2D eigenvalue weighted by Gasteiger charge is 2.08. The normalized spacial score (nSPS) is 10.3. The number of rotatable bonds is 5. The minimum absolute atomic E-state index is 0.0695. The number of ether oxygens (including phenoxy) is 1. The molecule has 20 heavy (non-hydrogen) atoms. The Labute approximate surface area is 117 Å². The zero-order valence-electron chi connectivity index (χ0n) is 11.3. The van der Waals surface area contributed by atoms with Gasteiger partial charge in [-0.25, -0.2) is 0 Å². The van der Waals surface area contributed by atoms with E-state index in [1.54, 1.807) is 18.2 Å². The number of para-hydroxylation sites is 1. The maximum Gasteiger partial charge on any atom is 0.248 e. The van der Waals surface area contributed by atoms with Crippen LogP contribution < -0.4 is 10.5 Å². The molecule has 3 N–H and O–H groups in total. The van der Waals surface area contributed by atoms with Crippen LogP contribution in [0, 0.1) is 6.92 Å². The highest BCUT2D eigenvalue weighted by Crippen LogP contribution is 2.27. The Morgan fingerprint density at radius 2 is 2.00 bits per heavy atom. The predicted octanol–water partition coefficient (Wildman–Crippen LogP) is 2.42. The largest absolute Gasteiger partial charge is 0.457 e. The zero-order valence-corrected chi connectivity index (χ0v) is 11.3. The van der Waals surface area contributed by atoms with Gasteiger partial charge in [-0.15, -0.1) is 0 Å². The molecule has 2 aromatic rings. The van der Waals surface area contributed by atoms with Crippen molar-refractivity contribution in [1.29, 1.82) is 0 Å². The number of aliphatic hydroxyl groups excluding tert-OH is 1. The molecule has 0 aromatic heterocycles. The number of aliphatic hydroxyl groups is 1. The van der Waals surface area contributed by atoms with E-state index in [1.807, 2.05) is 31.2 Å². The molecule has 0 spiro atoms. The maximum absolute atomic E-state index is 11.2. The molecule has 4 heteroatoms. The maximum atomic E-state index is 11.2. The van der Waals surface area contributed by atoms with Crippen LogP contribution in [-0.4, -0.2) is 17.6 Å². The zero-order chi connectivity index (χ0) is 14.5. The van der Waals surface area contributed by atoms with Crippen LogP contribution in [0.1, 0.15) is 21.5 Å². The van der Waals surface area contributed by atoms with Gasteiger partial charge in [-0.2, -0.15) is 0 Å². The molecule has 4 nitrogen and oxygen atoms in total. The van der Waals surface area contributed by atoms with E-state index >= 15 is 0 Å². The lowest BCUT2D eigenvalue weighted by Gasteiger charge is -2.11. The van der Waals surface area contributed by atoms with Crippen LogP contribution >= 0.6 is 0 Å². The topological polar surface area (TPSA) is 72.6 Å². The van der Waals surface area contributed by atoms with Crippen molar-refractivity contribution < 1.29 is 14.6 Å². The molecule has 0 heterocycles. The third-order valence-corrected chi connectivity index (χ3v) is 3.04. The van der Waals surface area contributed by atoms with Crippen LogP contribution in [0.2, 0.25) is 0 Å². The van der Waals surface area contributed by atoms with Crippen LogP contribution in [0.25, 0.3) is 0 Å². The summed E-state index contributed by atoms with van der Waals surface area (Å²) in [5.41, 5.74) is 7.47. The van der Waals surface area contributed by atoms with Crippen molar-refractivity contribution in [1.82, 2.24) is 0 Å². The second-order valence-corrected chi connectivity index (χ2v) is 4.52. The molecule has 0 aliphatic heterocycles. The van der Waals surface area contributed by atoms with Crippen LogP contribution in [-0.2, 0) is 6.42 Å². The number of carbonyl (C=O) groups is 1. The van der Waals surface area contributed by atoms with E-state index in [0.29, 0.717) is 23.5 Å². The number of carbonyl (C=O) groups excluding carboxylic acids is 1. The van der Waals surface area contributed by atoms with Gasteiger partial charge in [0.05, 0.1) is 0 Å². The average Bonchev–Trinajstić information content (AvgIpc) is 2.41. The Bertz CT molecular complexity index is 623. The highest BCUT2D eigenvalue weighted by atomic mass is 16.5. The van der Waals surface area contributed by atoms with Crippen molar-refractivity contribution >= 4 is 5.91 Å². The predicted molar refractivity (Wildman–Crippen MR) is 77.0 cm³/mol. The Morgan fingerprint density at radius 1 is 1.25 bits per heavy atom. The minimum atomic E-state index is -0.449. The van der Waals surface area contributed by atoms with E-state index in [9.17, 15) is 4.79 Å². The van der Waals surface area contributed by atoms with E-state index in [2.05, 4.69) is 0 Å². The fourth-order valence-electron chi connectivity index (χ4n) is 2.03.